The number of aromatic nitrogens is 4. The standard InChI is InChI=1S/C32H41N5O4.C24H26N4O4/c1-32(2,3)41-29(38)22-33-30(39)24-12-10-23(11-13-24)25-20-34-31(35-21-25)36-26-14-16-28(17-15-26)40-19-18-37(4)27-8-6-5-7-9-27;1-24(2,3)32-21(29)15-25-22(30)17-7-5-16(6-8-17)18-13-26-23(27-14-18)28-19-9-11-20(31-4)12-10-19/h10-17,20-21,27H,5-9,18-19,22H2,1-4H3,(H,33,39)(H,34,35,36);5-14H,15H2,1-4H3,(H,25,30)(H,26,27,28). The van der Waals surface area contributed by atoms with Gasteiger partial charge < -0.3 is 45.1 Å². The Bertz CT molecular complexity index is 2700. The molecule has 7 rings (SSSR count). The van der Waals surface area contributed by atoms with Gasteiger partial charge in [-0.1, -0.05) is 43.5 Å². The predicted molar refractivity (Wildman–Crippen MR) is 282 cm³/mol. The summed E-state index contributed by atoms with van der Waals surface area (Å²) >= 11 is 0. The van der Waals surface area contributed by atoms with Gasteiger partial charge in [-0.3, -0.25) is 19.2 Å². The van der Waals surface area contributed by atoms with E-state index in [0.29, 0.717) is 35.7 Å². The van der Waals surface area contributed by atoms with Crippen molar-refractivity contribution in [3.63, 3.8) is 0 Å². The molecule has 0 unspecified atom stereocenters. The third kappa shape index (κ3) is 18.3. The van der Waals surface area contributed by atoms with Crippen LogP contribution in [0.4, 0.5) is 23.3 Å². The molecule has 0 radical (unpaired) electrons. The molecule has 1 saturated carbocycles. The van der Waals surface area contributed by atoms with Crippen LogP contribution < -0.4 is 30.7 Å². The quantitative estimate of drug-likeness (QED) is 0.0591. The second kappa shape index (κ2) is 26.0. The fourth-order valence-corrected chi connectivity index (χ4v) is 7.55. The molecule has 1 aliphatic rings. The van der Waals surface area contributed by atoms with Crippen LogP contribution in [0.15, 0.2) is 122 Å². The number of methoxy groups -OCH3 is 1. The van der Waals surface area contributed by atoms with E-state index in [1.165, 1.54) is 32.1 Å². The maximum atomic E-state index is 12.4. The van der Waals surface area contributed by atoms with Crippen LogP contribution >= 0.6 is 0 Å². The lowest BCUT2D eigenvalue weighted by Crippen LogP contribution is -2.36. The molecular formula is C56H67N9O8. The number of likely N-dealkylation sites (N-methyl/N-ethyl adjacent to an activating group) is 1. The summed E-state index contributed by atoms with van der Waals surface area (Å²) in [6.07, 6.45) is 13.5. The number of ether oxygens (including phenoxy) is 4. The van der Waals surface area contributed by atoms with Gasteiger partial charge in [-0.2, -0.15) is 0 Å². The Hall–Kier alpha value is -7.92. The van der Waals surface area contributed by atoms with E-state index in [1.807, 2.05) is 60.7 Å². The lowest BCUT2D eigenvalue weighted by molar-refractivity contribution is -0.154. The van der Waals surface area contributed by atoms with Gasteiger partial charge in [0.2, 0.25) is 11.9 Å². The lowest BCUT2D eigenvalue weighted by Gasteiger charge is -2.31. The normalized spacial score (nSPS) is 12.6. The van der Waals surface area contributed by atoms with Crippen LogP contribution in [0.1, 0.15) is 94.4 Å². The van der Waals surface area contributed by atoms with Crippen molar-refractivity contribution in [3.8, 4) is 33.8 Å². The molecule has 73 heavy (non-hydrogen) atoms. The number of nitrogens with zero attached hydrogens (tertiary/aromatic N) is 5. The molecule has 0 atom stereocenters. The average molecular weight is 994 g/mol. The van der Waals surface area contributed by atoms with Crippen LogP contribution in [0.5, 0.6) is 11.5 Å². The number of nitrogens with one attached hydrogen (secondary N) is 4. The molecule has 4 N–H and O–H groups in total. The number of benzene rings is 4. The van der Waals surface area contributed by atoms with Gasteiger partial charge in [-0.05, 0) is 145 Å². The Morgan fingerprint density at radius 1 is 0.548 bits per heavy atom. The Morgan fingerprint density at radius 3 is 1.33 bits per heavy atom. The second-order valence-electron chi connectivity index (χ2n) is 19.4. The largest absolute Gasteiger partial charge is 0.497 e. The van der Waals surface area contributed by atoms with Gasteiger partial charge in [-0.25, -0.2) is 19.9 Å². The summed E-state index contributed by atoms with van der Waals surface area (Å²) in [4.78, 5) is 68.2. The van der Waals surface area contributed by atoms with Crippen molar-refractivity contribution in [2.45, 2.75) is 90.9 Å². The number of hydrogen-bond acceptors (Lipinski definition) is 15. The zero-order valence-electron chi connectivity index (χ0n) is 43.0. The van der Waals surface area contributed by atoms with Gasteiger partial charge in [0.15, 0.2) is 0 Å². The van der Waals surface area contributed by atoms with Crippen LogP contribution in [0, 0.1) is 0 Å². The summed E-state index contributed by atoms with van der Waals surface area (Å²) in [5.74, 6) is 0.902. The smallest absolute Gasteiger partial charge is 0.325 e. The van der Waals surface area contributed by atoms with Crippen molar-refractivity contribution in [1.29, 1.82) is 0 Å². The molecule has 2 amide bonds. The summed E-state index contributed by atoms with van der Waals surface area (Å²) in [6, 6.07) is 29.9. The van der Waals surface area contributed by atoms with Gasteiger partial charge in [0.25, 0.3) is 11.8 Å². The zero-order valence-corrected chi connectivity index (χ0v) is 43.0. The van der Waals surface area contributed by atoms with Gasteiger partial charge in [0, 0.05) is 71.0 Å². The van der Waals surface area contributed by atoms with Crippen molar-refractivity contribution in [2.24, 2.45) is 0 Å². The summed E-state index contributed by atoms with van der Waals surface area (Å²) < 4.78 is 21.5. The Balaban J connectivity index is 0.000000246. The SMILES string of the molecule is CN(CCOc1ccc(Nc2ncc(-c3ccc(C(=O)NCC(=O)OC(C)(C)C)cc3)cn2)cc1)C1CCCCC1.COc1ccc(Nc2ncc(-c3ccc(C(=O)NCC(=O)OC(C)(C)C)cc3)cn2)cc1. The first-order valence-corrected chi connectivity index (χ1v) is 24.4. The van der Waals surface area contributed by atoms with Gasteiger partial charge in [-0.15, -0.1) is 0 Å². The number of esters is 2. The molecule has 4 aromatic carbocycles. The van der Waals surface area contributed by atoms with Gasteiger partial charge >= 0.3 is 11.9 Å². The fourth-order valence-electron chi connectivity index (χ4n) is 7.55. The van der Waals surface area contributed by atoms with Crippen molar-refractivity contribution in [2.75, 3.05) is 51.0 Å². The molecule has 384 valence electrons. The van der Waals surface area contributed by atoms with E-state index in [2.05, 4.69) is 53.2 Å². The molecule has 17 heteroatoms. The number of anilines is 4. The van der Waals surface area contributed by atoms with Crippen LogP contribution in [0.2, 0.25) is 0 Å². The number of carbonyl (C=O) groups is 4. The monoisotopic (exact) mass is 994 g/mol. The highest BCUT2D eigenvalue weighted by Crippen LogP contribution is 2.25. The highest BCUT2D eigenvalue weighted by atomic mass is 16.6. The molecule has 2 aromatic heterocycles. The fraction of sp³-hybridized carbons (Fsp3) is 0.357. The molecular weight excluding hydrogens is 927 g/mol. The maximum absolute atomic E-state index is 12.4. The zero-order chi connectivity index (χ0) is 52.4. The van der Waals surface area contributed by atoms with Crippen LogP contribution in [-0.4, -0.2) is 106 Å². The molecule has 0 spiro atoms. The highest BCUT2D eigenvalue weighted by molar-refractivity contribution is 5.97. The van der Waals surface area contributed by atoms with E-state index in [0.717, 1.165) is 51.7 Å². The minimum absolute atomic E-state index is 0.186. The molecule has 2 heterocycles. The summed E-state index contributed by atoms with van der Waals surface area (Å²) in [6.45, 7) is 11.9. The summed E-state index contributed by atoms with van der Waals surface area (Å²) in [7, 11) is 3.82. The second-order valence-corrected chi connectivity index (χ2v) is 19.4. The van der Waals surface area contributed by atoms with Crippen molar-refractivity contribution in [3.05, 3.63) is 133 Å². The van der Waals surface area contributed by atoms with Crippen molar-refractivity contribution >= 4 is 47.0 Å². The minimum atomic E-state index is -0.596. The third-order valence-corrected chi connectivity index (χ3v) is 11.3. The van der Waals surface area contributed by atoms with Crippen LogP contribution in [0.3, 0.4) is 0 Å². The first kappa shape index (κ1) is 54.4. The molecule has 0 bridgehead atoms. The Labute approximate surface area is 427 Å². The van der Waals surface area contributed by atoms with E-state index in [-0.39, 0.29) is 24.9 Å². The topological polar surface area (TPSA) is 208 Å². The Kier molecular flexibility index (Phi) is 19.4. The molecule has 1 aliphatic carbocycles. The highest BCUT2D eigenvalue weighted by Gasteiger charge is 2.20. The third-order valence-electron chi connectivity index (χ3n) is 11.3. The van der Waals surface area contributed by atoms with Gasteiger partial charge in [0.1, 0.15) is 42.4 Å². The minimum Gasteiger partial charge on any atom is -0.497 e. The number of amides is 2. The van der Waals surface area contributed by atoms with E-state index in [9.17, 15) is 19.2 Å². The van der Waals surface area contributed by atoms with Crippen molar-refractivity contribution in [1.82, 2.24) is 35.5 Å². The number of carbonyl (C=O) groups excluding carboxylic acids is 4. The predicted octanol–water partition coefficient (Wildman–Crippen LogP) is 9.57. The van der Waals surface area contributed by atoms with Crippen LogP contribution in [-0.2, 0) is 19.1 Å². The maximum Gasteiger partial charge on any atom is 0.325 e. The molecule has 0 saturated heterocycles. The Morgan fingerprint density at radius 2 is 0.945 bits per heavy atom. The number of rotatable bonds is 18. The number of hydrogen-bond donors (Lipinski definition) is 4. The van der Waals surface area contributed by atoms with Gasteiger partial charge in [0.05, 0.1) is 7.11 Å². The average Bonchev–Trinajstić information content (AvgIpc) is 3.38. The van der Waals surface area contributed by atoms with E-state index >= 15 is 0 Å². The van der Waals surface area contributed by atoms with E-state index in [1.54, 1.807) is 110 Å². The molecule has 1 fully saturated rings. The van der Waals surface area contributed by atoms with E-state index in [4.69, 9.17) is 18.9 Å². The molecule has 0 aliphatic heterocycles. The van der Waals surface area contributed by atoms with E-state index < -0.39 is 23.1 Å². The summed E-state index contributed by atoms with van der Waals surface area (Å²) in [5, 5.41) is 11.5. The first-order valence-electron chi connectivity index (χ1n) is 24.4. The molecule has 6 aromatic rings. The molecule has 17 nitrogen and oxygen atoms in total. The first-order chi connectivity index (χ1) is 34.9. The lowest BCUT2D eigenvalue weighted by atomic mass is 9.94. The summed E-state index contributed by atoms with van der Waals surface area (Å²) in [5.41, 5.74) is 4.78. The van der Waals surface area contributed by atoms with Crippen LogP contribution in [0.25, 0.3) is 22.3 Å². The van der Waals surface area contributed by atoms with Crippen molar-refractivity contribution < 1.29 is 38.1 Å².